The number of aryl methyl sites for hydroxylation is 3. The molecule has 1 aliphatic rings. The number of nitro benzene ring substituents is 1. The minimum absolute atomic E-state index is 0.0900. The second kappa shape index (κ2) is 6.93. The summed E-state index contributed by atoms with van der Waals surface area (Å²) in [6.07, 6.45) is 2.40. The minimum Gasteiger partial charge on any atom is -0.474 e. The number of nitro groups is 1. The van der Waals surface area contributed by atoms with Gasteiger partial charge in [0.25, 0.3) is 5.91 Å². The van der Waals surface area contributed by atoms with Crippen LogP contribution in [-0.4, -0.2) is 16.9 Å². The summed E-state index contributed by atoms with van der Waals surface area (Å²) in [5.41, 5.74) is 3.93. The van der Waals surface area contributed by atoms with E-state index in [1.165, 1.54) is 23.3 Å². The van der Waals surface area contributed by atoms with Crippen molar-refractivity contribution in [3.8, 4) is 5.75 Å². The number of nitrogens with zero attached hydrogens (tertiary/aromatic N) is 1. The molecule has 0 aromatic heterocycles. The molecule has 0 bridgehead atoms. The third kappa shape index (κ3) is 3.79. The maximum absolute atomic E-state index is 12.4. The Morgan fingerprint density at radius 1 is 1.20 bits per heavy atom. The Morgan fingerprint density at radius 2 is 1.96 bits per heavy atom. The SMILES string of the molecule is Cc1ccc(O[C@@H](C)C(=O)Nc2ccc3c(c2)CCC3)c([N+](=O)[O-])c1. The van der Waals surface area contributed by atoms with Crippen LogP contribution in [0.5, 0.6) is 5.75 Å². The van der Waals surface area contributed by atoms with E-state index in [0.717, 1.165) is 30.5 Å². The standard InChI is InChI=1S/C19H20N2O4/c1-12-6-9-18(17(10-12)21(23)24)25-13(2)19(22)20-16-8-7-14-4-3-5-15(14)11-16/h6-11,13H,3-5H2,1-2H3,(H,20,22)/t13-/m0/s1. The lowest BCUT2D eigenvalue weighted by atomic mass is 10.1. The van der Waals surface area contributed by atoms with Crippen LogP contribution in [0.2, 0.25) is 0 Å². The molecular formula is C19H20N2O4. The zero-order valence-corrected chi connectivity index (χ0v) is 14.2. The van der Waals surface area contributed by atoms with Gasteiger partial charge in [0.15, 0.2) is 11.9 Å². The number of rotatable bonds is 5. The molecule has 0 saturated heterocycles. The molecule has 1 amide bonds. The molecule has 0 unspecified atom stereocenters. The summed E-state index contributed by atoms with van der Waals surface area (Å²) in [6.45, 7) is 3.34. The molecule has 0 saturated carbocycles. The smallest absolute Gasteiger partial charge is 0.311 e. The van der Waals surface area contributed by atoms with Gasteiger partial charge in [0.1, 0.15) is 0 Å². The third-order valence-electron chi connectivity index (χ3n) is 4.35. The van der Waals surface area contributed by atoms with Gasteiger partial charge in [-0.2, -0.15) is 0 Å². The van der Waals surface area contributed by atoms with Crippen molar-refractivity contribution in [1.29, 1.82) is 0 Å². The van der Waals surface area contributed by atoms with Crippen LogP contribution in [0.1, 0.15) is 30.0 Å². The first-order chi connectivity index (χ1) is 11.9. The first-order valence-electron chi connectivity index (χ1n) is 8.28. The van der Waals surface area contributed by atoms with Gasteiger partial charge in [-0.25, -0.2) is 0 Å². The van der Waals surface area contributed by atoms with E-state index in [9.17, 15) is 14.9 Å². The molecule has 0 fully saturated rings. The number of anilines is 1. The van der Waals surface area contributed by atoms with E-state index in [1.807, 2.05) is 18.2 Å². The molecule has 130 valence electrons. The highest BCUT2D eigenvalue weighted by atomic mass is 16.6. The van der Waals surface area contributed by atoms with E-state index in [4.69, 9.17) is 4.74 Å². The van der Waals surface area contributed by atoms with Crippen molar-refractivity contribution < 1.29 is 14.5 Å². The van der Waals surface area contributed by atoms with Crippen LogP contribution in [0.4, 0.5) is 11.4 Å². The number of nitrogens with one attached hydrogen (secondary N) is 1. The summed E-state index contributed by atoms with van der Waals surface area (Å²) >= 11 is 0. The summed E-state index contributed by atoms with van der Waals surface area (Å²) in [5.74, 6) is -0.250. The average molecular weight is 340 g/mol. The van der Waals surface area contributed by atoms with Gasteiger partial charge in [-0.1, -0.05) is 12.1 Å². The van der Waals surface area contributed by atoms with Crippen molar-refractivity contribution in [3.63, 3.8) is 0 Å². The number of carbonyl (C=O) groups is 1. The molecule has 2 aromatic carbocycles. The van der Waals surface area contributed by atoms with E-state index in [-0.39, 0.29) is 17.3 Å². The zero-order chi connectivity index (χ0) is 18.0. The summed E-state index contributed by atoms with van der Waals surface area (Å²) in [4.78, 5) is 23.0. The van der Waals surface area contributed by atoms with Gasteiger partial charge < -0.3 is 10.1 Å². The molecule has 0 radical (unpaired) electrons. The first kappa shape index (κ1) is 17.0. The van der Waals surface area contributed by atoms with Crippen LogP contribution in [0.3, 0.4) is 0 Å². The molecule has 6 heteroatoms. The van der Waals surface area contributed by atoms with Gasteiger partial charge in [-0.15, -0.1) is 0 Å². The van der Waals surface area contributed by atoms with Crippen molar-refractivity contribution in [2.24, 2.45) is 0 Å². The Kier molecular flexibility index (Phi) is 4.70. The number of fused-ring (bicyclic) bond motifs is 1. The predicted molar refractivity (Wildman–Crippen MR) is 95.0 cm³/mol. The molecular weight excluding hydrogens is 320 g/mol. The molecule has 0 heterocycles. The molecule has 25 heavy (non-hydrogen) atoms. The van der Waals surface area contributed by atoms with E-state index < -0.39 is 11.0 Å². The van der Waals surface area contributed by atoms with Crippen LogP contribution in [0.15, 0.2) is 36.4 Å². The van der Waals surface area contributed by atoms with Crippen LogP contribution in [-0.2, 0) is 17.6 Å². The summed E-state index contributed by atoms with van der Waals surface area (Å²) in [5, 5.41) is 14.0. The van der Waals surface area contributed by atoms with Crippen molar-refractivity contribution in [1.82, 2.24) is 0 Å². The Morgan fingerprint density at radius 3 is 2.72 bits per heavy atom. The maximum Gasteiger partial charge on any atom is 0.311 e. The highest BCUT2D eigenvalue weighted by molar-refractivity contribution is 5.94. The fraction of sp³-hybridized carbons (Fsp3) is 0.316. The fourth-order valence-electron chi connectivity index (χ4n) is 3.01. The van der Waals surface area contributed by atoms with Gasteiger partial charge in [-0.3, -0.25) is 14.9 Å². The number of amides is 1. The highest BCUT2D eigenvalue weighted by Crippen LogP contribution is 2.29. The quantitative estimate of drug-likeness (QED) is 0.663. The lowest BCUT2D eigenvalue weighted by molar-refractivity contribution is -0.386. The largest absolute Gasteiger partial charge is 0.474 e. The van der Waals surface area contributed by atoms with Crippen molar-refractivity contribution in [3.05, 3.63) is 63.2 Å². The van der Waals surface area contributed by atoms with Crippen LogP contribution >= 0.6 is 0 Å². The number of ether oxygens (including phenoxy) is 1. The number of benzene rings is 2. The number of carbonyl (C=O) groups excluding carboxylic acids is 1. The first-order valence-corrected chi connectivity index (χ1v) is 8.28. The summed E-state index contributed by atoms with van der Waals surface area (Å²) < 4.78 is 5.53. The van der Waals surface area contributed by atoms with E-state index >= 15 is 0 Å². The highest BCUT2D eigenvalue weighted by Gasteiger charge is 2.22. The number of hydrogen-bond acceptors (Lipinski definition) is 4. The van der Waals surface area contributed by atoms with E-state index in [0.29, 0.717) is 0 Å². The van der Waals surface area contributed by atoms with Gasteiger partial charge >= 0.3 is 5.69 Å². The summed E-state index contributed by atoms with van der Waals surface area (Å²) in [6, 6.07) is 10.6. The Labute approximate surface area is 146 Å². The van der Waals surface area contributed by atoms with Crippen molar-refractivity contribution in [2.45, 2.75) is 39.2 Å². The van der Waals surface area contributed by atoms with Gasteiger partial charge in [0.2, 0.25) is 0 Å². The molecule has 3 rings (SSSR count). The molecule has 1 aliphatic carbocycles. The predicted octanol–water partition coefficient (Wildman–Crippen LogP) is 3.80. The molecule has 1 atom stereocenters. The normalized spacial score (nSPS) is 13.8. The molecule has 0 spiro atoms. The molecule has 6 nitrogen and oxygen atoms in total. The van der Waals surface area contributed by atoms with Crippen molar-refractivity contribution in [2.75, 3.05) is 5.32 Å². The third-order valence-corrected chi connectivity index (χ3v) is 4.35. The molecule has 2 aromatic rings. The summed E-state index contributed by atoms with van der Waals surface area (Å²) in [7, 11) is 0. The second-order valence-electron chi connectivity index (χ2n) is 6.31. The van der Waals surface area contributed by atoms with Crippen LogP contribution < -0.4 is 10.1 Å². The van der Waals surface area contributed by atoms with Crippen LogP contribution in [0.25, 0.3) is 0 Å². The van der Waals surface area contributed by atoms with E-state index in [1.54, 1.807) is 19.9 Å². The number of hydrogen-bond donors (Lipinski definition) is 1. The monoisotopic (exact) mass is 340 g/mol. The van der Waals surface area contributed by atoms with Crippen LogP contribution in [0, 0.1) is 17.0 Å². The van der Waals surface area contributed by atoms with Gasteiger partial charge in [0.05, 0.1) is 4.92 Å². The van der Waals surface area contributed by atoms with Gasteiger partial charge in [0, 0.05) is 11.8 Å². The zero-order valence-electron chi connectivity index (χ0n) is 14.2. The van der Waals surface area contributed by atoms with Gasteiger partial charge in [-0.05, 0) is 68.0 Å². The lowest BCUT2D eigenvalue weighted by Gasteiger charge is -2.15. The fourth-order valence-corrected chi connectivity index (χ4v) is 3.01. The lowest BCUT2D eigenvalue weighted by Crippen LogP contribution is -2.30. The van der Waals surface area contributed by atoms with Crippen molar-refractivity contribution >= 4 is 17.3 Å². The average Bonchev–Trinajstić information content (AvgIpc) is 3.03. The Bertz CT molecular complexity index is 832. The maximum atomic E-state index is 12.4. The molecule has 1 N–H and O–H groups in total. The second-order valence-corrected chi connectivity index (χ2v) is 6.31. The van der Waals surface area contributed by atoms with E-state index in [2.05, 4.69) is 5.32 Å². The molecule has 0 aliphatic heterocycles. The Balaban J connectivity index is 1.70. The topological polar surface area (TPSA) is 81.5 Å². The Hall–Kier alpha value is -2.89. The minimum atomic E-state index is -0.852.